The highest BCUT2D eigenvalue weighted by molar-refractivity contribution is 6.33. The lowest BCUT2D eigenvalue weighted by Gasteiger charge is -2.29. The summed E-state index contributed by atoms with van der Waals surface area (Å²) in [6.07, 6.45) is 2.03. The van der Waals surface area contributed by atoms with E-state index in [1.165, 1.54) is 23.3 Å². The summed E-state index contributed by atoms with van der Waals surface area (Å²) in [5.41, 5.74) is 3.15. The average molecular weight is 374 g/mol. The van der Waals surface area contributed by atoms with Crippen LogP contribution in [0, 0.1) is 10.1 Å². The Hall–Kier alpha value is -2.60. The van der Waals surface area contributed by atoms with Gasteiger partial charge in [0, 0.05) is 38.2 Å². The highest BCUT2D eigenvalue weighted by Crippen LogP contribution is 2.26. The first-order valence-corrected chi connectivity index (χ1v) is 8.95. The Morgan fingerprint density at radius 1 is 1.23 bits per heavy atom. The molecule has 2 aromatic carbocycles. The van der Waals surface area contributed by atoms with Crippen LogP contribution in [-0.4, -0.2) is 28.8 Å². The molecule has 0 radical (unpaired) electrons. The van der Waals surface area contributed by atoms with Crippen LogP contribution in [0.5, 0.6) is 0 Å². The van der Waals surface area contributed by atoms with Gasteiger partial charge in [-0.2, -0.15) is 0 Å². The lowest BCUT2D eigenvalue weighted by atomic mass is 9.99. The molecule has 1 aliphatic rings. The highest BCUT2D eigenvalue weighted by Gasteiger charge is 2.19. The number of nitro groups is 1. The molecule has 0 spiro atoms. The van der Waals surface area contributed by atoms with Gasteiger partial charge in [-0.25, -0.2) is 0 Å². The molecular weight excluding hydrogens is 354 g/mol. The smallest absolute Gasteiger partial charge is 0.271 e. The second-order valence-corrected chi connectivity index (χ2v) is 6.69. The van der Waals surface area contributed by atoms with Gasteiger partial charge in [-0.05, 0) is 30.0 Å². The lowest BCUT2D eigenvalue weighted by molar-refractivity contribution is -0.384. The van der Waals surface area contributed by atoms with Crippen LogP contribution < -0.4 is 5.32 Å². The molecule has 136 valence electrons. The fraction of sp³-hybridized carbons (Fsp3) is 0.316. The van der Waals surface area contributed by atoms with Crippen LogP contribution >= 0.6 is 11.6 Å². The molecule has 0 saturated heterocycles. The van der Waals surface area contributed by atoms with Crippen molar-refractivity contribution < 1.29 is 9.72 Å². The number of hydrogen-bond donors (Lipinski definition) is 1. The van der Waals surface area contributed by atoms with Crippen LogP contribution in [0.25, 0.3) is 0 Å². The maximum Gasteiger partial charge on any atom is 0.271 e. The van der Waals surface area contributed by atoms with Gasteiger partial charge in [-0.3, -0.25) is 14.9 Å². The van der Waals surface area contributed by atoms with Crippen LogP contribution in [0.1, 0.15) is 24.0 Å². The van der Waals surface area contributed by atoms with E-state index in [0.29, 0.717) is 36.6 Å². The van der Waals surface area contributed by atoms with Gasteiger partial charge in [0.05, 0.1) is 15.6 Å². The van der Waals surface area contributed by atoms with Gasteiger partial charge in [-0.15, -0.1) is 0 Å². The third-order valence-electron chi connectivity index (χ3n) is 4.53. The molecule has 3 rings (SSSR count). The molecule has 0 aromatic heterocycles. The van der Waals surface area contributed by atoms with E-state index in [1.54, 1.807) is 6.07 Å². The van der Waals surface area contributed by atoms with Gasteiger partial charge in [0.15, 0.2) is 0 Å². The lowest BCUT2D eigenvalue weighted by Crippen LogP contribution is -2.35. The molecule has 1 N–H and O–H groups in total. The standard InChI is InChI=1S/C19H20ClN3O3/c20-17-12-16(23(25)26)7-8-18(17)21-10-3-6-19(24)22-11-9-14-4-1-2-5-15(14)13-22/h1-2,4-5,7-8,12,21H,3,6,9-11,13H2. The van der Waals surface area contributed by atoms with Crippen LogP contribution in [0.2, 0.25) is 5.02 Å². The third kappa shape index (κ3) is 4.32. The van der Waals surface area contributed by atoms with Gasteiger partial charge in [0.2, 0.25) is 5.91 Å². The van der Waals surface area contributed by atoms with Crippen LogP contribution in [0.4, 0.5) is 11.4 Å². The first-order valence-electron chi connectivity index (χ1n) is 8.57. The number of nitrogens with zero attached hydrogens (tertiary/aromatic N) is 2. The second-order valence-electron chi connectivity index (χ2n) is 6.29. The van der Waals surface area contributed by atoms with Crippen molar-refractivity contribution in [3.05, 3.63) is 68.7 Å². The summed E-state index contributed by atoms with van der Waals surface area (Å²) < 4.78 is 0. The molecule has 6 nitrogen and oxygen atoms in total. The van der Waals surface area contributed by atoms with Crippen molar-refractivity contribution in [1.82, 2.24) is 4.90 Å². The monoisotopic (exact) mass is 373 g/mol. The molecule has 1 amide bonds. The molecular formula is C19H20ClN3O3. The van der Waals surface area contributed by atoms with Gasteiger partial charge >= 0.3 is 0 Å². The maximum atomic E-state index is 12.4. The molecule has 0 fully saturated rings. The Morgan fingerprint density at radius 3 is 2.73 bits per heavy atom. The van der Waals surface area contributed by atoms with E-state index in [0.717, 1.165) is 13.0 Å². The first-order chi connectivity index (χ1) is 12.5. The molecule has 7 heteroatoms. The number of nitrogens with one attached hydrogen (secondary N) is 1. The predicted octanol–water partition coefficient (Wildman–Crippen LogP) is 4.03. The minimum absolute atomic E-state index is 0.0406. The van der Waals surface area contributed by atoms with Crippen LogP contribution in [-0.2, 0) is 17.8 Å². The number of carbonyl (C=O) groups excluding carboxylic acids is 1. The number of amides is 1. The molecule has 1 heterocycles. The van der Waals surface area contributed by atoms with E-state index < -0.39 is 4.92 Å². The number of benzene rings is 2. The second kappa shape index (κ2) is 8.19. The van der Waals surface area contributed by atoms with Gasteiger partial charge in [0.25, 0.3) is 5.69 Å². The molecule has 0 bridgehead atoms. The van der Waals surface area contributed by atoms with Crippen molar-refractivity contribution in [2.75, 3.05) is 18.4 Å². The number of nitro benzene ring substituents is 1. The number of hydrogen-bond acceptors (Lipinski definition) is 4. The number of anilines is 1. The van der Waals surface area contributed by atoms with Crippen molar-refractivity contribution in [2.24, 2.45) is 0 Å². The summed E-state index contributed by atoms with van der Waals surface area (Å²) in [6, 6.07) is 12.5. The van der Waals surface area contributed by atoms with E-state index in [4.69, 9.17) is 11.6 Å². The number of carbonyl (C=O) groups is 1. The van der Waals surface area contributed by atoms with E-state index in [9.17, 15) is 14.9 Å². The van der Waals surface area contributed by atoms with Crippen molar-refractivity contribution in [3.63, 3.8) is 0 Å². The Labute approximate surface area is 156 Å². The normalized spacial score (nSPS) is 13.2. The Balaban J connectivity index is 1.45. The maximum absolute atomic E-state index is 12.4. The number of halogens is 1. The van der Waals surface area contributed by atoms with Crippen LogP contribution in [0.3, 0.4) is 0 Å². The highest BCUT2D eigenvalue weighted by atomic mass is 35.5. The summed E-state index contributed by atoms with van der Waals surface area (Å²) in [5, 5.41) is 14.1. The van der Waals surface area contributed by atoms with Gasteiger partial charge in [0.1, 0.15) is 0 Å². The largest absolute Gasteiger partial charge is 0.384 e. The molecule has 0 aliphatic carbocycles. The SMILES string of the molecule is O=C(CCCNc1ccc([N+](=O)[O-])cc1Cl)N1CCc2ccccc2C1. The molecule has 0 unspecified atom stereocenters. The van der Waals surface area contributed by atoms with E-state index in [2.05, 4.69) is 17.4 Å². The number of non-ortho nitro benzene ring substituents is 1. The summed E-state index contributed by atoms with van der Waals surface area (Å²) in [4.78, 5) is 24.5. The number of fused-ring (bicyclic) bond motifs is 1. The summed E-state index contributed by atoms with van der Waals surface area (Å²) in [5.74, 6) is 0.149. The Morgan fingerprint density at radius 2 is 2.00 bits per heavy atom. The van der Waals surface area contributed by atoms with Crippen LogP contribution in [0.15, 0.2) is 42.5 Å². The topological polar surface area (TPSA) is 75.5 Å². The minimum atomic E-state index is -0.481. The fourth-order valence-corrected chi connectivity index (χ4v) is 3.33. The fourth-order valence-electron chi connectivity index (χ4n) is 3.09. The molecule has 0 atom stereocenters. The Kier molecular flexibility index (Phi) is 5.73. The first kappa shape index (κ1) is 18.2. The van der Waals surface area contributed by atoms with E-state index >= 15 is 0 Å². The van der Waals surface area contributed by atoms with Gasteiger partial charge in [-0.1, -0.05) is 35.9 Å². The predicted molar refractivity (Wildman–Crippen MR) is 101 cm³/mol. The third-order valence-corrected chi connectivity index (χ3v) is 4.84. The van der Waals surface area contributed by atoms with Crippen molar-refractivity contribution in [3.8, 4) is 0 Å². The Bertz CT molecular complexity index is 825. The quantitative estimate of drug-likeness (QED) is 0.471. The van der Waals surface area contributed by atoms with Gasteiger partial charge < -0.3 is 10.2 Å². The summed E-state index contributed by atoms with van der Waals surface area (Å²) in [6.45, 7) is 2.02. The molecule has 1 aliphatic heterocycles. The summed E-state index contributed by atoms with van der Waals surface area (Å²) >= 11 is 6.04. The van der Waals surface area contributed by atoms with Crippen molar-refractivity contribution >= 4 is 28.9 Å². The summed E-state index contributed by atoms with van der Waals surface area (Å²) in [7, 11) is 0. The molecule has 2 aromatic rings. The number of rotatable bonds is 6. The molecule has 0 saturated carbocycles. The zero-order valence-electron chi connectivity index (χ0n) is 14.3. The zero-order valence-corrected chi connectivity index (χ0v) is 15.0. The van der Waals surface area contributed by atoms with Crippen molar-refractivity contribution in [1.29, 1.82) is 0 Å². The molecule has 26 heavy (non-hydrogen) atoms. The average Bonchev–Trinajstić information content (AvgIpc) is 2.65. The zero-order chi connectivity index (χ0) is 18.5. The van der Waals surface area contributed by atoms with E-state index in [-0.39, 0.29) is 11.6 Å². The minimum Gasteiger partial charge on any atom is -0.384 e. The van der Waals surface area contributed by atoms with Crippen molar-refractivity contribution in [2.45, 2.75) is 25.8 Å². The van der Waals surface area contributed by atoms with E-state index in [1.807, 2.05) is 17.0 Å².